The summed E-state index contributed by atoms with van der Waals surface area (Å²) in [5.74, 6) is -2.12. The summed E-state index contributed by atoms with van der Waals surface area (Å²) in [5, 5.41) is 9.84. The number of rotatable bonds is 4. The first kappa shape index (κ1) is 18.0. The fraction of sp³-hybridized carbons (Fsp3) is 0.294. The van der Waals surface area contributed by atoms with Crippen molar-refractivity contribution < 1.29 is 18.7 Å². The Labute approximate surface area is 147 Å². The second-order valence-corrected chi connectivity index (χ2v) is 5.62. The fourth-order valence-corrected chi connectivity index (χ4v) is 3.15. The van der Waals surface area contributed by atoms with Crippen LogP contribution >= 0.6 is 15.9 Å². The van der Waals surface area contributed by atoms with Crippen LogP contribution in [0.2, 0.25) is 0 Å². The third kappa shape index (κ3) is 3.15. The topological polar surface area (TPSA) is 85.3 Å². The minimum absolute atomic E-state index is 0.0176. The number of carbonyl (C=O) groups excluding carboxylic acids is 1. The molecule has 1 heterocycles. The molecule has 1 aromatic carbocycles. The number of alkyl halides is 1. The van der Waals surface area contributed by atoms with E-state index >= 15 is 0 Å². The van der Waals surface area contributed by atoms with E-state index in [2.05, 4.69) is 15.9 Å². The average molecular weight is 395 g/mol. The van der Waals surface area contributed by atoms with E-state index in [9.17, 15) is 14.4 Å². The van der Waals surface area contributed by atoms with Crippen molar-refractivity contribution >= 4 is 21.9 Å². The highest BCUT2D eigenvalue weighted by atomic mass is 79.9. The molecular formula is C17H16BrFN2O3. The van der Waals surface area contributed by atoms with Crippen LogP contribution in [0.4, 0.5) is 4.39 Å². The Hall–Kier alpha value is -2.33. The Morgan fingerprint density at radius 1 is 1.54 bits per heavy atom. The molecule has 5 nitrogen and oxygen atoms in total. The SMILES string of the molecule is CCOC(=O)C1=C(C)OC(N)=C(C#N)C1c1c(F)cccc1CBr. The summed E-state index contributed by atoms with van der Waals surface area (Å²) >= 11 is 3.31. The van der Waals surface area contributed by atoms with Crippen LogP contribution in [0.25, 0.3) is 0 Å². The molecule has 1 aliphatic rings. The highest BCUT2D eigenvalue weighted by molar-refractivity contribution is 9.08. The summed E-state index contributed by atoms with van der Waals surface area (Å²) in [5.41, 5.74) is 6.68. The number of hydrogen-bond donors (Lipinski definition) is 1. The molecule has 0 saturated heterocycles. The lowest BCUT2D eigenvalue weighted by Gasteiger charge is -2.28. The van der Waals surface area contributed by atoms with Crippen molar-refractivity contribution in [3.63, 3.8) is 0 Å². The number of nitrogens with two attached hydrogens (primary N) is 1. The molecular weight excluding hydrogens is 379 g/mol. The highest BCUT2D eigenvalue weighted by Gasteiger charge is 2.38. The molecule has 2 N–H and O–H groups in total. The summed E-state index contributed by atoms with van der Waals surface area (Å²) in [6, 6.07) is 6.49. The second kappa shape index (κ2) is 7.49. The first-order valence-corrected chi connectivity index (χ1v) is 8.37. The van der Waals surface area contributed by atoms with Gasteiger partial charge in [-0.2, -0.15) is 5.26 Å². The molecule has 1 aliphatic heterocycles. The molecule has 1 unspecified atom stereocenters. The molecule has 0 fully saturated rings. The van der Waals surface area contributed by atoms with Gasteiger partial charge in [-0.05, 0) is 25.5 Å². The summed E-state index contributed by atoms with van der Waals surface area (Å²) in [4.78, 5) is 12.4. The van der Waals surface area contributed by atoms with Gasteiger partial charge < -0.3 is 15.2 Å². The van der Waals surface area contributed by atoms with E-state index in [4.69, 9.17) is 15.2 Å². The molecule has 0 spiro atoms. The predicted molar refractivity (Wildman–Crippen MR) is 89.0 cm³/mol. The standard InChI is InChI=1S/C17H16BrFN2O3/c1-3-23-17(22)13-9(2)24-16(21)11(8-20)15(13)14-10(7-18)5-4-6-12(14)19/h4-6,15H,3,7,21H2,1-2H3. The Morgan fingerprint density at radius 3 is 2.83 bits per heavy atom. The summed E-state index contributed by atoms with van der Waals surface area (Å²) in [7, 11) is 0. The van der Waals surface area contributed by atoms with Crippen LogP contribution in [-0.4, -0.2) is 12.6 Å². The monoisotopic (exact) mass is 394 g/mol. The number of ether oxygens (including phenoxy) is 2. The van der Waals surface area contributed by atoms with Crippen molar-refractivity contribution in [2.45, 2.75) is 25.1 Å². The van der Waals surface area contributed by atoms with Crippen molar-refractivity contribution in [2.75, 3.05) is 6.61 Å². The van der Waals surface area contributed by atoms with Crippen molar-refractivity contribution in [1.82, 2.24) is 0 Å². The molecule has 126 valence electrons. The smallest absolute Gasteiger partial charge is 0.338 e. The molecule has 0 aromatic heterocycles. The Morgan fingerprint density at radius 2 is 2.25 bits per heavy atom. The maximum absolute atomic E-state index is 14.6. The van der Waals surface area contributed by atoms with Gasteiger partial charge in [0.1, 0.15) is 23.2 Å². The maximum Gasteiger partial charge on any atom is 0.338 e. The van der Waals surface area contributed by atoms with Gasteiger partial charge in [-0.3, -0.25) is 0 Å². The van der Waals surface area contributed by atoms with E-state index < -0.39 is 17.7 Å². The minimum atomic E-state index is -0.975. The van der Waals surface area contributed by atoms with E-state index in [0.717, 1.165) is 0 Å². The fourth-order valence-electron chi connectivity index (χ4n) is 2.66. The van der Waals surface area contributed by atoms with E-state index in [0.29, 0.717) is 10.9 Å². The van der Waals surface area contributed by atoms with E-state index in [1.54, 1.807) is 19.1 Å². The average Bonchev–Trinajstić information content (AvgIpc) is 2.54. The van der Waals surface area contributed by atoms with Crippen LogP contribution in [0.3, 0.4) is 0 Å². The van der Waals surface area contributed by atoms with Crippen LogP contribution in [0.5, 0.6) is 0 Å². The summed E-state index contributed by atoms with van der Waals surface area (Å²) in [6.07, 6.45) is 0. The van der Waals surface area contributed by atoms with Gasteiger partial charge in [0.15, 0.2) is 0 Å². The number of esters is 1. The number of allylic oxidation sites excluding steroid dienone is 2. The van der Waals surface area contributed by atoms with Crippen LogP contribution in [0, 0.1) is 17.1 Å². The van der Waals surface area contributed by atoms with Crippen LogP contribution in [0.1, 0.15) is 30.9 Å². The lowest BCUT2D eigenvalue weighted by molar-refractivity contribution is -0.139. The van der Waals surface area contributed by atoms with Crippen LogP contribution in [-0.2, 0) is 19.6 Å². The first-order chi connectivity index (χ1) is 11.5. The van der Waals surface area contributed by atoms with E-state index in [1.165, 1.54) is 13.0 Å². The van der Waals surface area contributed by atoms with Gasteiger partial charge in [-0.15, -0.1) is 0 Å². The lowest BCUT2D eigenvalue weighted by Crippen LogP contribution is -2.26. The zero-order valence-electron chi connectivity index (χ0n) is 13.2. The molecule has 1 atom stereocenters. The lowest BCUT2D eigenvalue weighted by atomic mass is 9.81. The van der Waals surface area contributed by atoms with Crippen molar-refractivity contribution in [2.24, 2.45) is 5.73 Å². The number of halogens is 2. The maximum atomic E-state index is 14.6. The Balaban J connectivity index is 2.75. The Kier molecular flexibility index (Phi) is 5.62. The molecule has 7 heteroatoms. The van der Waals surface area contributed by atoms with Crippen molar-refractivity contribution in [3.05, 3.63) is 57.9 Å². The Bertz CT molecular complexity index is 781. The van der Waals surface area contributed by atoms with Gasteiger partial charge in [-0.25, -0.2) is 9.18 Å². The predicted octanol–water partition coefficient (Wildman–Crippen LogP) is 3.37. The summed E-state index contributed by atoms with van der Waals surface area (Å²) in [6.45, 7) is 3.34. The summed E-state index contributed by atoms with van der Waals surface area (Å²) < 4.78 is 25.0. The van der Waals surface area contributed by atoms with Crippen LogP contribution < -0.4 is 5.73 Å². The van der Waals surface area contributed by atoms with Gasteiger partial charge in [-0.1, -0.05) is 28.1 Å². The quantitative estimate of drug-likeness (QED) is 0.624. The van der Waals surface area contributed by atoms with Gasteiger partial charge in [0.2, 0.25) is 5.88 Å². The minimum Gasteiger partial charge on any atom is -0.463 e. The van der Waals surface area contributed by atoms with Crippen molar-refractivity contribution in [3.8, 4) is 6.07 Å². The number of nitrogens with zero attached hydrogens (tertiary/aromatic N) is 1. The van der Waals surface area contributed by atoms with Gasteiger partial charge in [0.05, 0.1) is 18.1 Å². The highest BCUT2D eigenvalue weighted by Crippen LogP contribution is 2.42. The van der Waals surface area contributed by atoms with Gasteiger partial charge in [0, 0.05) is 10.9 Å². The normalized spacial score (nSPS) is 17.4. The number of benzene rings is 1. The molecule has 0 aliphatic carbocycles. The molecule has 0 radical (unpaired) electrons. The third-order valence-corrected chi connectivity index (χ3v) is 4.28. The van der Waals surface area contributed by atoms with Gasteiger partial charge in [0.25, 0.3) is 0 Å². The zero-order valence-corrected chi connectivity index (χ0v) is 14.8. The molecule has 0 amide bonds. The molecule has 1 aromatic rings. The second-order valence-electron chi connectivity index (χ2n) is 5.06. The largest absolute Gasteiger partial charge is 0.463 e. The number of carbonyl (C=O) groups is 1. The molecule has 0 bridgehead atoms. The molecule has 0 saturated carbocycles. The van der Waals surface area contributed by atoms with Crippen molar-refractivity contribution in [1.29, 1.82) is 5.26 Å². The molecule has 2 rings (SSSR count). The van der Waals surface area contributed by atoms with Crippen LogP contribution in [0.15, 0.2) is 41.0 Å². The number of nitriles is 1. The van der Waals surface area contributed by atoms with Gasteiger partial charge >= 0.3 is 5.97 Å². The van der Waals surface area contributed by atoms with E-state index in [-0.39, 0.29) is 35.0 Å². The third-order valence-electron chi connectivity index (χ3n) is 3.68. The zero-order chi connectivity index (χ0) is 17.9. The van der Waals surface area contributed by atoms with E-state index in [1.807, 2.05) is 6.07 Å². The number of hydrogen-bond acceptors (Lipinski definition) is 5. The first-order valence-electron chi connectivity index (χ1n) is 7.24. The molecule has 24 heavy (non-hydrogen) atoms.